The molecular formula is C10H14N4OS. The first-order valence-electron chi connectivity index (χ1n) is 5.01. The van der Waals surface area contributed by atoms with Gasteiger partial charge >= 0.3 is 6.01 Å². The molecule has 2 aromatic rings. The summed E-state index contributed by atoms with van der Waals surface area (Å²) in [4.78, 5) is 8.42. The highest BCUT2D eigenvalue weighted by atomic mass is 32.1. The van der Waals surface area contributed by atoms with Crippen LogP contribution in [0.2, 0.25) is 0 Å². The number of hydrogen-bond acceptors (Lipinski definition) is 6. The van der Waals surface area contributed by atoms with Crippen molar-refractivity contribution in [2.75, 3.05) is 5.32 Å². The van der Waals surface area contributed by atoms with Crippen molar-refractivity contribution in [3.8, 4) is 0 Å². The summed E-state index contributed by atoms with van der Waals surface area (Å²) in [7, 11) is 0. The summed E-state index contributed by atoms with van der Waals surface area (Å²) >= 11 is 1.57. The van der Waals surface area contributed by atoms with E-state index in [1.807, 2.05) is 26.2 Å². The quantitative estimate of drug-likeness (QED) is 0.889. The molecule has 16 heavy (non-hydrogen) atoms. The van der Waals surface area contributed by atoms with E-state index in [0.717, 1.165) is 5.69 Å². The standard InChI is InChI=1S/C10H14N4OS/c1-10(2,3)8-13-9(15-14-8)11-4-7-5-16-6-12-7/h5-6H,4H2,1-3H3,(H,11,13,14). The molecule has 0 saturated heterocycles. The molecule has 2 heterocycles. The zero-order valence-corrected chi connectivity index (χ0v) is 10.3. The summed E-state index contributed by atoms with van der Waals surface area (Å²) in [6.07, 6.45) is 0. The Labute approximate surface area is 97.9 Å². The van der Waals surface area contributed by atoms with Crippen LogP contribution in [-0.2, 0) is 12.0 Å². The summed E-state index contributed by atoms with van der Waals surface area (Å²) < 4.78 is 5.09. The highest BCUT2D eigenvalue weighted by Gasteiger charge is 2.20. The summed E-state index contributed by atoms with van der Waals surface area (Å²) in [6.45, 7) is 6.74. The van der Waals surface area contributed by atoms with Gasteiger partial charge in [0.15, 0.2) is 5.82 Å². The lowest BCUT2D eigenvalue weighted by molar-refractivity contribution is 0.402. The fourth-order valence-corrected chi connectivity index (χ4v) is 1.65. The maximum absolute atomic E-state index is 5.09. The van der Waals surface area contributed by atoms with Crippen molar-refractivity contribution < 1.29 is 4.52 Å². The molecule has 0 radical (unpaired) electrons. The molecule has 5 nitrogen and oxygen atoms in total. The van der Waals surface area contributed by atoms with E-state index in [-0.39, 0.29) is 5.41 Å². The van der Waals surface area contributed by atoms with E-state index in [4.69, 9.17) is 4.52 Å². The van der Waals surface area contributed by atoms with Crippen LogP contribution in [0.25, 0.3) is 0 Å². The summed E-state index contributed by atoms with van der Waals surface area (Å²) in [5, 5.41) is 8.94. The van der Waals surface area contributed by atoms with Gasteiger partial charge in [0, 0.05) is 10.8 Å². The summed E-state index contributed by atoms with van der Waals surface area (Å²) in [5.41, 5.74) is 2.68. The van der Waals surface area contributed by atoms with Gasteiger partial charge in [-0.3, -0.25) is 0 Å². The van der Waals surface area contributed by atoms with Crippen molar-refractivity contribution in [3.63, 3.8) is 0 Å². The molecule has 0 atom stereocenters. The van der Waals surface area contributed by atoms with Crippen LogP contribution in [0.4, 0.5) is 6.01 Å². The molecule has 0 saturated carbocycles. The summed E-state index contributed by atoms with van der Waals surface area (Å²) in [6, 6.07) is 0.443. The van der Waals surface area contributed by atoms with Crippen LogP contribution in [-0.4, -0.2) is 15.1 Å². The smallest absolute Gasteiger partial charge is 0.321 e. The average Bonchev–Trinajstić information content (AvgIpc) is 2.85. The fourth-order valence-electron chi connectivity index (χ4n) is 1.09. The largest absolute Gasteiger partial charge is 0.332 e. The van der Waals surface area contributed by atoms with Crippen LogP contribution in [0.3, 0.4) is 0 Å². The zero-order valence-electron chi connectivity index (χ0n) is 9.52. The van der Waals surface area contributed by atoms with Gasteiger partial charge in [0.2, 0.25) is 0 Å². The van der Waals surface area contributed by atoms with Crippen LogP contribution in [0.1, 0.15) is 32.3 Å². The third-order valence-corrected chi connectivity index (χ3v) is 2.64. The molecule has 0 aliphatic carbocycles. The molecule has 6 heteroatoms. The Bertz CT molecular complexity index is 444. The van der Waals surface area contributed by atoms with Crippen molar-refractivity contribution >= 4 is 17.4 Å². The van der Waals surface area contributed by atoms with E-state index in [9.17, 15) is 0 Å². The van der Waals surface area contributed by atoms with Gasteiger partial charge < -0.3 is 9.84 Å². The van der Waals surface area contributed by atoms with Gasteiger partial charge in [-0.15, -0.1) is 11.3 Å². The van der Waals surface area contributed by atoms with Crippen molar-refractivity contribution in [2.45, 2.75) is 32.7 Å². The van der Waals surface area contributed by atoms with Gasteiger partial charge in [0.25, 0.3) is 0 Å². The molecule has 0 aromatic carbocycles. The summed E-state index contributed by atoms with van der Waals surface area (Å²) in [5.74, 6) is 0.702. The third-order valence-electron chi connectivity index (χ3n) is 2.00. The topological polar surface area (TPSA) is 63.8 Å². The minimum Gasteiger partial charge on any atom is -0.332 e. The molecule has 0 spiro atoms. The van der Waals surface area contributed by atoms with Crippen molar-refractivity contribution in [3.05, 3.63) is 22.4 Å². The Balaban J connectivity index is 1.98. The Kier molecular flexibility index (Phi) is 2.91. The van der Waals surface area contributed by atoms with E-state index in [0.29, 0.717) is 18.4 Å². The molecule has 0 aliphatic heterocycles. The van der Waals surface area contributed by atoms with Crippen LogP contribution in [0, 0.1) is 0 Å². The number of anilines is 1. The lowest BCUT2D eigenvalue weighted by Crippen LogP contribution is -2.13. The molecule has 2 rings (SSSR count). The number of nitrogens with one attached hydrogen (secondary N) is 1. The molecule has 2 aromatic heterocycles. The van der Waals surface area contributed by atoms with E-state index in [1.165, 1.54) is 0 Å². The molecule has 0 bridgehead atoms. The normalized spacial score (nSPS) is 11.7. The van der Waals surface area contributed by atoms with Gasteiger partial charge in [-0.25, -0.2) is 4.98 Å². The van der Waals surface area contributed by atoms with Crippen molar-refractivity contribution in [1.29, 1.82) is 0 Å². The zero-order chi connectivity index (χ0) is 11.6. The predicted molar refractivity (Wildman–Crippen MR) is 62.4 cm³/mol. The van der Waals surface area contributed by atoms with E-state index < -0.39 is 0 Å². The fraction of sp³-hybridized carbons (Fsp3) is 0.500. The number of rotatable bonds is 3. The highest BCUT2D eigenvalue weighted by molar-refractivity contribution is 7.07. The Morgan fingerprint density at radius 1 is 1.44 bits per heavy atom. The second kappa shape index (κ2) is 4.21. The average molecular weight is 238 g/mol. The second-order valence-corrected chi connectivity index (χ2v) is 5.23. The molecule has 0 unspecified atom stereocenters. The number of nitrogens with zero attached hydrogens (tertiary/aromatic N) is 3. The van der Waals surface area contributed by atoms with Crippen LogP contribution < -0.4 is 5.32 Å². The van der Waals surface area contributed by atoms with Crippen LogP contribution >= 0.6 is 11.3 Å². The van der Waals surface area contributed by atoms with Gasteiger partial charge in [-0.1, -0.05) is 25.9 Å². The maximum atomic E-state index is 5.09. The SMILES string of the molecule is CC(C)(C)c1noc(NCc2cscn2)n1. The molecule has 1 N–H and O–H groups in total. The Morgan fingerprint density at radius 3 is 2.81 bits per heavy atom. The first-order chi connectivity index (χ1) is 7.55. The molecule has 0 aliphatic rings. The molecular weight excluding hydrogens is 224 g/mol. The minimum absolute atomic E-state index is 0.0932. The number of thiazole rings is 1. The van der Waals surface area contributed by atoms with Gasteiger partial charge in [0.1, 0.15) is 0 Å². The number of aromatic nitrogens is 3. The van der Waals surface area contributed by atoms with Gasteiger partial charge in [-0.05, 0) is 0 Å². The Morgan fingerprint density at radius 2 is 2.25 bits per heavy atom. The minimum atomic E-state index is -0.0932. The molecule has 0 fully saturated rings. The van der Waals surface area contributed by atoms with Crippen molar-refractivity contribution in [2.24, 2.45) is 0 Å². The van der Waals surface area contributed by atoms with E-state index in [2.05, 4.69) is 20.4 Å². The third kappa shape index (κ3) is 2.57. The van der Waals surface area contributed by atoms with Gasteiger partial charge in [-0.2, -0.15) is 4.98 Å². The van der Waals surface area contributed by atoms with Crippen LogP contribution in [0.15, 0.2) is 15.4 Å². The number of hydrogen-bond donors (Lipinski definition) is 1. The van der Waals surface area contributed by atoms with Crippen LogP contribution in [0.5, 0.6) is 0 Å². The molecule has 0 amide bonds. The first-order valence-corrected chi connectivity index (χ1v) is 5.95. The lowest BCUT2D eigenvalue weighted by atomic mass is 9.96. The monoisotopic (exact) mass is 238 g/mol. The maximum Gasteiger partial charge on any atom is 0.321 e. The second-order valence-electron chi connectivity index (χ2n) is 4.51. The van der Waals surface area contributed by atoms with Crippen molar-refractivity contribution in [1.82, 2.24) is 15.1 Å². The lowest BCUT2D eigenvalue weighted by Gasteiger charge is -2.10. The first kappa shape index (κ1) is 11.1. The van der Waals surface area contributed by atoms with Gasteiger partial charge in [0.05, 0.1) is 17.7 Å². The van der Waals surface area contributed by atoms with E-state index in [1.54, 1.807) is 16.8 Å². The predicted octanol–water partition coefficient (Wildman–Crippen LogP) is 2.44. The highest BCUT2D eigenvalue weighted by Crippen LogP contribution is 2.20. The molecule has 86 valence electrons. The Hall–Kier alpha value is -1.43. The van der Waals surface area contributed by atoms with E-state index >= 15 is 0 Å².